The molecule has 0 bridgehead atoms. The van der Waals surface area contributed by atoms with Gasteiger partial charge < -0.3 is 18.7 Å². The van der Waals surface area contributed by atoms with Crippen LogP contribution >= 0.6 is 22.2 Å². The molecule has 2 fully saturated rings. The van der Waals surface area contributed by atoms with E-state index in [9.17, 15) is 13.9 Å². The first-order valence-electron chi connectivity index (χ1n) is 13.0. The second-order valence-corrected chi connectivity index (χ2v) is 13.1. The van der Waals surface area contributed by atoms with Crippen molar-refractivity contribution in [1.29, 1.82) is 0 Å². The molecule has 1 amide bonds. The van der Waals surface area contributed by atoms with Gasteiger partial charge in [-0.2, -0.15) is 10.6 Å². The van der Waals surface area contributed by atoms with Crippen molar-refractivity contribution in [2.24, 2.45) is 0 Å². The third-order valence-corrected chi connectivity index (χ3v) is 9.96. The van der Waals surface area contributed by atoms with E-state index in [-0.39, 0.29) is 18.0 Å². The fourth-order valence-corrected chi connectivity index (χ4v) is 7.75. The number of hydrogen-bond acceptors (Lipinski definition) is 7. The number of carbonyl (C=O) groups excluding carboxylic acids is 1. The lowest BCUT2D eigenvalue weighted by Gasteiger charge is -2.40. The molecule has 4 aromatic rings. The van der Waals surface area contributed by atoms with Gasteiger partial charge in [0.1, 0.15) is 17.3 Å². The summed E-state index contributed by atoms with van der Waals surface area (Å²) in [5, 5.41) is 4.54. The Morgan fingerprint density at radius 2 is 1.87 bits per heavy atom. The van der Waals surface area contributed by atoms with E-state index < -0.39 is 10.6 Å². The fraction of sp³-hybridized carbons (Fsp3) is 0.393. The molecule has 0 radical (unpaired) electrons. The second kappa shape index (κ2) is 9.85. The summed E-state index contributed by atoms with van der Waals surface area (Å²) < 4.78 is 33.5. The Morgan fingerprint density at radius 1 is 1.10 bits per heavy atom. The number of fused-ring (bicyclic) bond motifs is 1. The molecule has 9 nitrogen and oxygen atoms in total. The lowest BCUT2D eigenvalue weighted by molar-refractivity contribution is -0.117. The molecule has 0 aliphatic carbocycles. The third-order valence-electron chi connectivity index (χ3n) is 7.88. The monoisotopic (exact) mass is 570 g/mol. The molecular formula is C28H31ClN4O5S. The first kappa shape index (κ1) is 26.2. The zero-order valence-electron chi connectivity index (χ0n) is 22.1. The molecule has 6 rings (SSSR count). The average molecular weight is 571 g/mol. The molecule has 2 aliphatic rings. The van der Waals surface area contributed by atoms with E-state index in [0.29, 0.717) is 53.6 Å². The normalized spacial score (nSPS) is 20.6. The number of halogens is 1. The van der Waals surface area contributed by atoms with Crippen molar-refractivity contribution in [1.82, 2.24) is 14.7 Å². The Bertz CT molecular complexity index is 1550. The molecular weight excluding hydrogens is 540 g/mol. The predicted molar refractivity (Wildman–Crippen MR) is 153 cm³/mol. The van der Waals surface area contributed by atoms with Crippen molar-refractivity contribution in [3.05, 3.63) is 58.7 Å². The van der Waals surface area contributed by atoms with E-state index >= 15 is 0 Å². The molecule has 2 aliphatic heterocycles. The van der Waals surface area contributed by atoms with Crippen molar-refractivity contribution >= 4 is 44.8 Å². The van der Waals surface area contributed by atoms with Crippen molar-refractivity contribution in [2.75, 3.05) is 23.5 Å². The van der Waals surface area contributed by atoms with Crippen LogP contribution in [-0.2, 0) is 4.79 Å². The molecule has 0 saturated carbocycles. The van der Waals surface area contributed by atoms with Crippen LogP contribution in [0.5, 0.6) is 5.75 Å². The van der Waals surface area contributed by atoms with Gasteiger partial charge in [-0.15, -0.1) is 0 Å². The summed E-state index contributed by atoms with van der Waals surface area (Å²) in [5.41, 5.74) is 5.19. The summed E-state index contributed by atoms with van der Waals surface area (Å²) in [6.07, 6.45) is 2.26. The van der Waals surface area contributed by atoms with Crippen LogP contribution in [0.15, 0.2) is 40.9 Å². The first-order chi connectivity index (χ1) is 18.7. The number of anilines is 1. The number of nitrogens with zero attached hydrogens (tertiary/aromatic N) is 4. The number of ether oxygens (including phenoxy) is 1. The van der Waals surface area contributed by atoms with Gasteiger partial charge in [-0.3, -0.25) is 13.9 Å². The zero-order valence-corrected chi connectivity index (χ0v) is 23.6. The third kappa shape index (κ3) is 4.59. The van der Waals surface area contributed by atoms with Crippen LogP contribution in [-0.4, -0.2) is 48.3 Å². The largest absolute Gasteiger partial charge is 0.495 e. The number of hydrogen-bond donors (Lipinski definition) is 2. The highest BCUT2D eigenvalue weighted by Gasteiger charge is 2.39. The predicted octanol–water partition coefficient (Wildman–Crippen LogP) is 6.92. The Morgan fingerprint density at radius 3 is 2.54 bits per heavy atom. The molecule has 4 heterocycles. The molecule has 39 heavy (non-hydrogen) atoms. The van der Waals surface area contributed by atoms with E-state index in [1.54, 1.807) is 24.1 Å². The van der Waals surface area contributed by atoms with Gasteiger partial charge in [0, 0.05) is 35.2 Å². The summed E-state index contributed by atoms with van der Waals surface area (Å²) in [6, 6.07) is 11.3. The van der Waals surface area contributed by atoms with Gasteiger partial charge in [0.2, 0.25) is 5.91 Å². The minimum Gasteiger partial charge on any atom is -0.495 e. The van der Waals surface area contributed by atoms with Crippen molar-refractivity contribution in [3.63, 3.8) is 0 Å². The highest BCUT2D eigenvalue weighted by molar-refractivity contribution is 8.24. The second-order valence-electron chi connectivity index (χ2n) is 10.3. The number of methoxy groups -OCH3 is 1. The molecule has 0 spiro atoms. The van der Waals surface area contributed by atoms with Crippen LogP contribution in [0.1, 0.15) is 55.0 Å². The number of benzene rings is 2. The van der Waals surface area contributed by atoms with E-state index in [0.717, 1.165) is 39.4 Å². The van der Waals surface area contributed by atoms with Crippen molar-refractivity contribution in [3.8, 4) is 16.9 Å². The maximum Gasteiger partial charge on any atom is 0.227 e. The lowest BCUT2D eigenvalue weighted by Crippen LogP contribution is -2.31. The van der Waals surface area contributed by atoms with E-state index in [1.165, 1.54) is 0 Å². The van der Waals surface area contributed by atoms with Crippen LogP contribution in [0.25, 0.3) is 22.2 Å². The molecule has 2 saturated heterocycles. The van der Waals surface area contributed by atoms with Gasteiger partial charge in [0.15, 0.2) is 0 Å². The van der Waals surface area contributed by atoms with Crippen LogP contribution in [0, 0.1) is 13.8 Å². The average Bonchev–Trinajstić information content (AvgIpc) is 3.57. The number of aryl methyl sites for hydroxylation is 2. The maximum atomic E-state index is 13.2. The Kier molecular flexibility index (Phi) is 6.61. The van der Waals surface area contributed by atoms with Gasteiger partial charge in [0.05, 0.1) is 34.9 Å². The number of aromatic nitrogens is 3. The molecule has 2 aromatic heterocycles. The van der Waals surface area contributed by atoms with Gasteiger partial charge in [-0.05, 0) is 69.0 Å². The molecule has 2 aromatic carbocycles. The first-order valence-corrected chi connectivity index (χ1v) is 15.3. The summed E-state index contributed by atoms with van der Waals surface area (Å²) in [6.45, 7) is 3.81. The molecule has 206 valence electrons. The number of imidazole rings is 1. The van der Waals surface area contributed by atoms with Crippen LogP contribution in [0.3, 0.4) is 0 Å². The van der Waals surface area contributed by atoms with Gasteiger partial charge in [-0.25, -0.2) is 4.98 Å². The van der Waals surface area contributed by atoms with Gasteiger partial charge in [0.25, 0.3) is 0 Å². The van der Waals surface area contributed by atoms with Crippen LogP contribution < -0.4 is 9.64 Å². The number of amides is 1. The molecule has 0 unspecified atom stereocenters. The standard InChI is InChI=1S/C28H31ClN4O5S/c1-16-27(17(2)38-31-16)18-4-6-23-22(14-18)30-28(33(23)19-10-12-39(35,36)13-11-19)24-7-9-26(34)32(24)20-5-8-25(37-3)21(29)15-20/h4-6,8,14-15,19,24,35-36H,7,9-13H2,1-3H3/t24-/m0/s1. The lowest BCUT2D eigenvalue weighted by atomic mass is 10.0. The Hall–Kier alpha value is -3.05. The Balaban J connectivity index is 1.49. The summed E-state index contributed by atoms with van der Waals surface area (Å²) in [5.74, 6) is 2.80. The highest BCUT2D eigenvalue weighted by atomic mass is 35.5. The maximum absolute atomic E-state index is 13.2. The summed E-state index contributed by atoms with van der Waals surface area (Å²) in [7, 11) is -0.995. The van der Waals surface area contributed by atoms with Crippen LogP contribution in [0.4, 0.5) is 5.69 Å². The summed E-state index contributed by atoms with van der Waals surface area (Å²) >= 11 is 6.44. The fourth-order valence-electron chi connectivity index (χ4n) is 6.00. The number of rotatable bonds is 5. The van der Waals surface area contributed by atoms with Crippen LogP contribution in [0.2, 0.25) is 5.02 Å². The number of carbonyl (C=O) groups is 1. The zero-order chi connectivity index (χ0) is 27.5. The van der Waals surface area contributed by atoms with E-state index in [1.807, 2.05) is 32.0 Å². The van der Waals surface area contributed by atoms with Gasteiger partial charge in [-0.1, -0.05) is 22.8 Å². The topological polar surface area (TPSA) is 114 Å². The minimum absolute atomic E-state index is 0.00840. The van der Waals surface area contributed by atoms with Gasteiger partial charge >= 0.3 is 0 Å². The molecule has 11 heteroatoms. The van der Waals surface area contributed by atoms with Crippen molar-refractivity contribution in [2.45, 2.75) is 51.6 Å². The summed E-state index contributed by atoms with van der Waals surface area (Å²) in [4.78, 5) is 20.2. The minimum atomic E-state index is -2.55. The Labute approximate surface area is 233 Å². The quantitative estimate of drug-likeness (QED) is 0.267. The smallest absolute Gasteiger partial charge is 0.227 e. The SMILES string of the molecule is COc1ccc(N2C(=O)CC[C@H]2c2nc3cc(-c4c(C)noc4C)ccc3n2C2CCS(O)(O)CC2)cc1Cl. The highest BCUT2D eigenvalue weighted by Crippen LogP contribution is 2.49. The van der Waals surface area contributed by atoms with Crippen molar-refractivity contribution < 1.29 is 23.2 Å². The van der Waals surface area contributed by atoms with E-state index in [4.69, 9.17) is 25.8 Å². The molecule has 2 N–H and O–H groups in total. The van der Waals surface area contributed by atoms with E-state index in [2.05, 4.69) is 15.8 Å². The molecule has 1 atom stereocenters.